The van der Waals surface area contributed by atoms with E-state index in [4.69, 9.17) is 32.8 Å². The Morgan fingerprint density at radius 2 is 1.50 bits per heavy atom. The SMILES string of the molecule is C[C@H](CO)COC(=O)C(CCCNC(=O)C(N)CCCN)NC(=O)C(N)CCCN. The number of carbonyl (C=O) groups is 3. The highest BCUT2D eigenvalue weighted by atomic mass is 16.5. The van der Waals surface area contributed by atoms with Crippen LogP contribution in [0.5, 0.6) is 0 Å². The van der Waals surface area contributed by atoms with Crippen LogP contribution in [0.2, 0.25) is 0 Å². The van der Waals surface area contributed by atoms with Gasteiger partial charge in [0.05, 0.1) is 18.7 Å². The highest BCUT2D eigenvalue weighted by Gasteiger charge is 2.25. The molecule has 0 heterocycles. The Kier molecular flexibility index (Phi) is 15.9. The molecule has 0 aromatic heterocycles. The summed E-state index contributed by atoms with van der Waals surface area (Å²) < 4.78 is 5.19. The summed E-state index contributed by atoms with van der Waals surface area (Å²) in [7, 11) is 0. The maximum absolute atomic E-state index is 12.4. The third-order valence-corrected chi connectivity index (χ3v) is 4.50. The number of nitrogens with two attached hydrogens (primary N) is 4. The van der Waals surface area contributed by atoms with Crippen LogP contribution in [0.1, 0.15) is 45.4 Å². The maximum Gasteiger partial charge on any atom is 0.328 e. The predicted molar refractivity (Wildman–Crippen MR) is 114 cm³/mol. The molecular formula is C19H40N6O5. The molecule has 0 spiro atoms. The topological polar surface area (TPSA) is 209 Å². The van der Waals surface area contributed by atoms with E-state index in [9.17, 15) is 14.4 Å². The molecular weight excluding hydrogens is 392 g/mol. The van der Waals surface area contributed by atoms with Gasteiger partial charge in [0, 0.05) is 19.1 Å². The van der Waals surface area contributed by atoms with E-state index in [-0.39, 0.29) is 31.5 Å². The number of esters is 1. The van der Waals surface area contributed by atoms with E-state index < -0.39 is 30.0 Å². The Morgan fingerprint density at radius 1 is 0.933 bits per heavy atom. The number of aliphatic hydroxyl groups is 1. The minimum atomic E-state index is -0.907. The van der Waals surface area contributed by atoms with E-state index in [0.29, 0.717) is 51.7 Å². The maximum atomic E-state index is 12.4. The predicted octanol–water partition coefficient (Wildman–Crippen LogP) is -2.33. The molecule has 0 saturated heterocycles. The summed E-state index contributed by atoms with van der Waals surface area (Å²) in [4.78, 5) is 36.6. The van der Waals surface area contributed by atoms with Crippen LogP contribution in [0.15, 0.2) is 0 Å². The molecule has 0 rings (SSSR count). The fourth-order valence-corrected chi connectivity index (χ4v) is 2.49. The van der Waals surface area contributed by atoms with Crippen LogP contribution in [-0.4, -0.2) is 73.9 Å². The monoisotopic (exact) mass is 432 g/mol. The third kappa shape index (κ3) is 12.7. The van der Waals surface area contributed by atoms with Crippen molar-refractivity contribution in [2.45, 2.75) is 63.6 Å². The molecule has 3 unspecified atom stereocenters. The molecule has 4 atom stereocenters. The number of aliphatic hydroxyl groups excluding tert-OH is 1. The first-order chi connectivity index (χ1) is 14.3. The van der Waals surface area contributed by atoms with Crippen LogP contribution < -0.4 is 33.6 Å². The Bertz CT molecular complexity index is 508. The number of carbonyl (C=O) groups excluding carboxylic acids is 3. The number of hydrogen-bond donors (Lipinski definition) is 7. The zero-order valence-corrected chi connectivity index (χ0v) is 18.0. The molecule has 11 N–H and O–H groups in total. The molecule has 0 saturated carbocycles. The first kappa shape index (κ1) is 28.2. The van der Waals surface area contributed by atoms with Gasteiger partial charge in [-0.2, -0.15) is 0 Å². The van der Waals surface area contributed by atoms with E-state index in [1.54, 1.807) is 6.92 Å². The second-order valence-corrected chi connectivity index (χ2v) is 7.49. The van der Waals surface area contributed by atoms with E-state index in [0.717, 1.165) is 0 Å². The van der Waals surface area contributed by atoms with Gasteiger partial charge in [0.25, 0.3) is 0 Å². The number of amides is 2. The molecule has 30 heavy (non-hydrogen) atoms. The molecule has 11 nitrogen and oxygen atoms in total. The highest BCUT2D eigenvalue weighted by molar-refractivity contribution is 5.87. The van der Waals surface area contributed by atoms with Gasteiger partial charge in [-0.25, -0.2) is 4.79 Å². The van der Waals surface area contributed by atoms with Crippen LogP contribution in [-0.2, 0) is 19.1 Å². The van der Waals surface area contributed by atoms with Crippen molar-refractivity contribution in [2.75, 3.05) is 32.8 Å². The van der Waals surface area contributed by atoms with E-state index >= 15 is 0 Å². The van der Waals surface area contributed by atoms with Gasteiger partial charge in [0.1, 0.15) is 6.04 Å². The zero-order chi connectivity index (χ0) is 22.9. The highest BCUT2D eigenvalue weighted by Crippen LogP contribution is 2.04. The summed E-state index contributed by atoms with van der Waals surface area (Å²) in [5, 5.41) is 14.4. The Morgan fingerprint density at radius 3 is 2.03 bits per heavy atom. The molecule has 2 amide bonds. The molecule has 0 aliphatic heterocycles. The van der Waals surface area contributed by atoms with Crippen LogP contribution >= 0.6 is 0 Å². The second-order valence-electron chi connectivity index (χ2n) is 7.49. The van der Waals surface area contributed by atoms with Crippen LogP contribution in [0, 0.1) is 5.92 Å². The fourth-order valence-electron chi connectivity index (χ4n) is 2.49. The first-order valence-corrected chi connectivity index (χ1v) is 10.5. The van der Waals surface area contributed by atoms with E-state index in [1.165, 1.54) is 0 Å². The number of ether oxygens (including phenoxy) is 1. The van der Waals surface area contributed by atoms with Crippen molar-refractivity contribution in [3.63, 3.8) is 0 Å². The Labute approximate surface area is 178 Å². The van der Waals surface area contributed by atoms with Gasteiger partial charge in [-0.3, -0.25) is 9.59 Å². The number of nitrogens with one attached hydrogen (secondary N) is 2. The summed E-state index contributed by atoms with van der Waals surface area (Å²) in [6.07, 6.45) is 2.82. The minimum Gasteiger partial charge on any atom is -0.464 e. The lowest BCUT2D eigenvalue weighted by molar-refractivity contribution is -0.149. The molecule has 0 aromatic rings. The minimum absolute atomic E-state index is 0.0354. The number of hydrogen-bond acceptors (Lipinski definition) is 9. The summed E-state index contributed by atoms with van der Waals surface area (Å²) >= 11 is 0. The van der Waals surface area contributed by atoms with E-state index in [1.807, 2.05) is 0 Å². The first-order valence-electron chi connectivity index (χ1n) is 10.5. The van der Waals surface area contributed by atoms with Crippen molar-refractivity contribution in [1.29, 1.82) is 0 Å². The average Bonchev–Trinajstić information content (AvgIpc) is 2.75. The molecule has 176 valence electrons. The second kappa shape index (κ2) is 16.9. The molecule has 0 aliphatic carbocycles. The lowest BCUT2D eigenvalue weighted by Crippen LogP contribution is -2.49. The summed E-state index contributed by atoms with van der Waals surface area (Å²) in [6, 6.07) is -2.31. The van der Waals surface area contributed by atoms with Gasteiger partial charge >= 0.3 is 5.97 Å². The van der Waals surface area contributed by atoms with Crippen LogP contribution in [0.3, 0.4) is 0 Å². The molecule has 0 bridgehead atoms. The molecule has 0 aliphatic rings. The summed E-state index contributed by atoms with van der Waals surface area (Å²) in [6.45, 7) is 2.82. The van der Waals surface area contributed by atoms with Crippen molar-refractivity contribution in [3.05, 3.63) is 0 Å². The third-order valence-electron chi connectivity index (χ3n) is 4.50. The lowest BCUT2D eigenvalue weighted by atomic mass is 10.1. The van der Waals surface area contributed by atoms with Crippen LogP contribution in [0.25, 0.3) is 0 Å². The fraction of sp³-hybridized carbons (Fsp3) is 0.842. The van der Waals surface area contributed by atoms with Gasteiger partial charge in [0.2, 0.25) is 11.8 Å². The van der Waals surface area contributed by atoms with E-state index in [2.05, 4.69) is 10.6 Å². The van der Waals surface area contributed by atoms with Gasteiger partial charge < -0.3 is 43.4 Å². The standard InChI is InChI=1S/C19H40N6O5/c1-13(11-26)12-30-19(29)16(25-18(28)15(23)6-3-9-21)7-4-10-24-17(27)14(22)5-2-8-20/h13-16,26H,2-12,20-23H2,1H3,(H,24,27)(H,25,28)/t13-,14?,15?,16?/m1/s1. The molecule has 0 fully saturated rings. The number of rotatable bonds is 17. The van der Waals surface area contributed by atoms with Crippen molar-refractivity contribution in [2.24, 2.45) is 28.9 Å². The Balaban J connectivity index is 4.66. The van der Waals surface area contributed by atoms with Gasteiger partial charge in [-0.1, -0.05) is 6.92 Å². The van der Waals surface area contributed by atoms with Gasteiger partial charge in [-0.15, -0.1) is 0 Å². The summed E-state index contributed by atoms with van der Waals surface area (Å²) in [5.74, 6) is -1.58. The molecule has 11 heteroatoms. The van der Waals surface area contributed by atoms with Crippen molar-refractivity contribution in [3.8, 4) is 0 Å². The van der Waals surface area contributed by atoms with Crippen molar-refractivity contribution >= 4 is 17.8 Å². The van der Waals surface area contributed by atoms with Crippen molar-refractivity contribution < 1.29 is 24.2 Å². The van der Waals surface area contributed by atoms with Gasteiger partial charge in [-0.05, 0) is 51.6 Å². The average molecular weight is 433 g/mol. The summed E-state index contributed by atoms with van der Waals surface area (Å²) in [5.41, 5.74) is 22.4. The Hall–Kier alpha value is -1.79. The smallest absolute Gasteiger partial charge is 0.328 e. The van der Waals surface area contributed by atoms with Gasteiger partial charge in [0.15, 0.2) is 0 Å². The largest absolute Gasteiger partial charge is 0.464 e. The normalized spacial score (nSPS) is 15.0. The molecule has 0 radical (unpaired) electrons. The quantitative estimate of drug-likeness (QED) is 0.0969. The van der Waals surface area contributed by atoms with Crippen molar-refractivity contribution in [1.82, 2.24) is 10.6 Å². The zero-order valence-electron chi connectivity index (χ0n) is 18.0. The lowest BCUT2D eigenvalue weighted by Gasteiger charge is -2.21. The molecule has 0 aromatic carbocycles. The van der Waals surface area contributed by atoms with Crippen LogP contribution in [0.4, 0.5) is 0 Å².